The molecule has 0 fully saturated rings. The lowest BCUT2D eigenvalue weighted by Crippen LogP contribution is -2.21. The van der Waals surface area contributed by atoms with Crippen molar-refractivity contribution in [1.82, 2.24) is 0 Å². The number of benzene rings is 2. The van der Waals surface area contributed by atoms with Crippen LogP contribution >= 0.6 is 11.8 Å². The third-order valence-corrected chi connectivity index (χ3v) is 4.29. The van der Waals surface area contributed by atoms with Crippen LogP contribution in [0.15, 0.2) is 64.5 Å². The molecule has 0 atom stereocenters. The van der Waals surface area contributed by atoms with Gasteiger partial charge in [-0.2, -0.15) is 4.99 Å². The van der Waals surface area contributed by atoms with Gasteiger partial charge in [-0.15, -0.1) is 0 Å². The van der Waals surface area contributed by atoms with Gasteiger partial charge in [0.25, 0.3) is 5.91 Å². The molecule has 0 unspecified atom stereocenters. The maximum Gasteiger partial charge on any atom is 0.286 e. The number of hydrogen-bond acceptors (Lipinski definition) is 4. The summed E-state index contributed by atoms with van der Waals surface area (Å²) in [6, 6.07) is 16.5. The predicted molar refractivity (Wildman–Crippen MR) is 91.0 cm³/mol. The Balaban J connectivity index is 1.80. The van der Waals surface area contributed by atoms with Gasteiger partial charge in [-0.25, -0.2) is 0 Å². The van der Waals surface area contributed by atoms with E-state index in [9.17, 15) is 9.90 Å². The Morgan fingerprint density at radius 2 is 1.77 bits per heavy atom. The predicted octanol–water partition coefficient (Wildman–Crippen LogP) is 3.50. The number of nitrogens with zero attached hydrogens (tertiary/aromatic N) is 2. The fraction of sp³-hybridized carbons (Fsp3) is 0.0588. The number of rotatable bonds is 2. The summed E-state index contributed by atoms with van der Waals surface area (Å²) in [5, 5.41) is 9.96. The lowest BCUT2D eigenvalue weighted by atomic mass is 10.2. The Labute approximate surface area is 132 Å². The smallest absolute Gasteiger partial charge is 0.286 e. The van der Waals surface area contributed by atoms with Gasteiger partial charge in [0.1, 0.15) is 5.75 Å². The van der Waals surface area contributed by atoms with Crippen molar-refractivity contribution >= 4 is 34.6 Å². The standard InChI is InChI=1S/C17H14N2O2S/c1-19(13-7-9-14(20)10-8-13)17-18-16(21)15(22-17)11-12-5-3-2-4-6-12/h2-11,20H,1H3/b15-11+. The number of hydrogen-bond donors (Lipinski definition) is 1. The number of amides is 1. The molecule has 1 heterocycles. The van der Waals surface area contributed by atoms with Gasteiger partial charge in [-0.1, -0.05) is 30.3 Å². The molecule has 0 spiro atoms. The lowest BCUT2D eigenvalue weighted by Gasteiger charge is -2.17. The monoisotopic (exact) mass is 310 g/mol. The minimum absolute atomic E-state index is 0.207. The number of phenols is 1. The van der Waals surface area contributed by atoms with Crippen molar-refractivity contribution in [3.8, 4) is 5.75 Å². The van der Waals surface area contributed by atoms with Gasteiger partial charge in [-0.3, -0.25) is 4.79 Å². The topological polar surface area (TPSA) is 52.9 Å². The quantitative estimate of drug-likeness (QED) is 0.863. The van der Waals surface area contributed by atoms with Crippen LogP contribution in [0.1, 0.15) is 5.56 Å². The SMILES string of the molecule is CN(C1=NC(=O)/C(=C\c2ccccc2)S1)c1ccc(O)cc1. The second-order valence-electron chi connectivity index (χ2n) is 4.80. The molecule has 5 heteroatoms. The van der Waals surface area contributed by atoms with E-state index in [0.717, 1.165) is 11.3 Å². The van der Waals surface area contributed by atoms with Gasteiger partial charge in [0.05, 0.1) is 4.91 Å². The number of carbonyl (C=O) groups excluding carboxylic acids is 1. The molecule has 0 aliphatic carbocycles. The minimum Gasteiger partial charge on any atom is -0.508 e. The summed E-state index contributed by atoms with van der Waals surface area (Å²) in [6.07, 6.45) is 1.84. The lowest BCUT2D eigenvalue weighted by molar-refractivity contribution is -0.113. The summed E-state index contributed by atoms with van der Waals surface area (Å²) in [4.78, 5) is 18.6. The molecule has 0 bridgehead atoms. The minimum atomic E-state index is -0.227. The van der Waals surface area contributed by atoms with Crippen LogP contribution in [0.5, 0.6) is 5.75 Å². The van der Waals surface area contributed by atoms with Gasteiger partial charge in [0.15, 0.2) is 5.17 Å². The summed E-state index contributed by atoms with van der Waals surface area (Å²) in [5.41, 5.74) is 1.83. The second kappa shape index (κ2) is 6.07. The fourth-order valence-corrected chi connectivity index (χ4v) is 2.92. The Hall–Kier alpha value is -2.53. The van der Waals surface area contributed by atoms with Gasteiger partial charge >= 0.3 is 0 Å². The molecule has 1 aliphatic heterocycles. The van der Waals surface area contributed by atoms with Crippen molar-refractivity contribution in [3.63, 3.8) is 0 Å². The average Bonchev–Trinajstić information content (AvgIpc) is 2.89. The van der Waals surface area contributed by atoms with Gasteiger partial charge < -0.3 is 10.0 Å². The van der Waals surface area contributed by atoms with Crippen LogP contribution in [0.25, 0.3) is 6.08 Å². The number of amidine groups is 1. The Morgan fingerprint density at radius 3 is 2.45 bits per heavy atom. The van der Waals surface area contributed by atoms with Crippen LogP contribution in [-0.4, -0.2) is 23.2 Å². The number of thioether (sulfide) groups is 1. The first-order valence-corrected chi connectivity index (χ1v) is 7.55. The van der Waals surface area contributed by atoms with Gasteiger partial charge in [-0.05, 0) is 47.7 Å². The number of aromatic hydroxyl groups is 1. The third-order valence-electron chi connectivity index (χ3n) is 3.23. The van der Waals surface area contributed by atoms with Gasteiger partial charge in [0, 0.05) is 12.7 Å². The zero-order valence-electron chi connectivity index (χ0n) is 11.9. The highest BCUT2D eigenvalue weighted by Crippen LogP contribution is 2.32. The summed E-state index contributed by atoms with van der Waals surface area (Å²) in [6.45, 7) is 0. The molecule has 0 saturated carbocycles. The van der Waals surface area contributed by atoms with Crippen LogP contribution in [0.3, 0.4) is 0 Å². The van der Waals surface area contributed by atoms with Crippen LogP contribution in [-0.2, 0) is 4.79 Å². The second-order valence-corrected chi connectivity index (χ2v) is 5.81. The van der Waals surface area contributed by atoms with Gasteiger partial charge in [0.2, 0.25) is 0 Å². The highest BCUT2D eigenvalue weighted by molar-refractivity contribution is 8.18. The fourth-order valence-electron chi connectivity index (χ4n) is 2.03. The van der Waals surface area contributed by atoms with E-state index >= 15 is 0 Å². The highest BCUT2D eigenvalue weighted by Gasteiger charge is 2.25. The largest absolute Gasteiger partial charge is 0.508 e. The van der Waals surface area contributed by atoms with E-state index < -0.39 is 0 Å². The van der Waals surface area contributed by atoms with E-state index in [1.165, 1.54) is 11.8 Å². The van der Waals surface area contributed by atoms with Crippen molar-refractivity contribution in [2.75, 3.05) is 11.9 Å². The molecule has 2 aromatic carbocycles. The maximum atomic E-state index is 12.0. The summed E-state index contributed by atoms with van der Waals surface area (Å²) in [7, 11) is 1.84. The van der Waals surface area contributed by atoms with E-state index in [2.05, 4.69) is 4.99 Å². The van der Waals surface area contributed by atoms with Crippen LogP contribution in [0, 0.1) is 0 Å². The van der Waals surface area contributed by atoms with Crippen LogP contribution in [0.2, 0.25) is 0 Å². The molecule has 0 saturated heterocycles. The molecule has 1 amide bonds. The first kappa shape index (κ1) is 14.4. The first-order chi connectivity index (χ1) is 10.6. The number of aliphatic imine (C=N–C) groups is 1. The Morgan fingerprint density at radius 1 is 1.09 bits per heavy atom. The third kappa shape index (κ3) is 3.04. The molecular formula is C17H14N2O2S. The molecule has 1 N–H and O–H groups in total. The molecule has 0 aromatic heterocycles. The summed E-state index contributed by atoms with van der Waals surface area (Å²) >= 11 is 1.35. The molecular weight excluding hydrogens is 296 g/mol. The molecule has 110 valence electrons. The summed E-state index contributed by atoms with van der Waals surface area (Å²) in [5.74, 6) is -0.0200. The molecule has 0 radical (unpaired) electrons. The van der Waals surface area contributed by atoms with E-state index in [1.807, 2.05) is 48.4 Å². The van der Waals surface area contributed by atoms with Crippen molar-refractivity contribution in [1.29, 1.82) is 0 Å². The number of carbonyl (C=O) groups is 1. The molecule has 3 rings (SSSR count). The van der Waals surface area contributed by atoms with Crippen molar-refractivity contribution < 1.29 is 9.90 Å². The first-order valence-electron chi connectivity index (χ1n) is 6.74. The molecule has 22 heavy (non-hydrogen) atoms. The van der Waals surface area contributed by atoms with Crippen molar-refractivity contribution in [3.05, 3.63) is 65.1 Å². The van der Waals surface area contributed by atoms with E-state index in [4.69, 9.17) is 0 Å². The van der Waals surface area contributed by atoms with E-state index in [-0.39, 0.29) is 11.7 Å². The maximum absolute atomic E-state index is 12.0. The zero-order chi connectivity index (χ0) is 15.5. The van der Waals surface area contributed by atoms with Crippen LogP contribution < -0.4 is 4.90 Å². The van der Waals surface area contributed by atoms with E-state index in [0.29, 0.717) is 10.1 Å². The Kier molecular flexibility index (Phi) is 3.98. The zero-order valence-corrected chi connectivity index (χ0v) is 12.7. The van der Waals surface area contributed by atoms with E-state index in [1.54, 1.807) is 24.3 Å². The molecule has 1 aliphatic rings. The van der Waals surface area contributed by atoms with Crippen molar-refractivity contribution in [2.24, 2.45) is 4.99 Å². The summed E-state index contributed by atoms with van der Waals surface area (Å²) < 4.78 is 0. The van der Waals surface area contributed by atoms with Crippen LogP contribution in [0.4, 0.5) is 5.69 Å². The Bertz CT molecular complexity index is 752. The molecule has 4 nitrogen and oxygen atoms in total. The number of anilines is 1. The highest BCUT2D eigenvalue weighted by atomic mass is 32.2. The molecule has 2 aromatic rings. The van der Waals surface area contributed by atoms with Crippen molar-refractivity contribution in [2.45, 2.75) is 0 Å². The number of phenolic OH excluding ortho intramolecular Hbond substituents is 1. The average molecular weight is 310 g/mol. The normalized spacial score (nSPS) is 16.0.